The fraction of sp³-hybridized carbons (Fsp3) is 0.520. The van der Waals surface area contributed by atoms with Crippen LogP contribution in [0, 0.1) is 17.7 Å². The van der Waals surface area contributed by atoms with Crippen LogP contribution in [0.3, 0.4) is 0 Å². The van der Waals surface area contributed by atoms with Gasteiger partial charge in [0.1, 0.15) is 18.2 Å². The summed E-state index contributed by atoms with van der Waals surface area (Å²) in [4.78, 5) is 31.2. The largest absolute Gasteiger partial charge is 0.491 e. The number of halogens is 1. The second-order valence-corrected chi connectivity index (χ2v) is 9.93. The van der Waals surface area contributed by atoms with Crippen LogP contribution in [0.25, 0.3) is 0 Å². The number of rotatable bonds is 9. The van der Waals surface area contributed by atoms with E-state index in [1.54, 1.807) is 28.4 Å². The van der Waals surface area contributed by atoms with Gasteiger partial charge in [0.2, 0.25) is 11.8 Å². The van der Waals surface area contributed by atoms with Crippen LogP contribution in [-0.2, 0) is 16.0 Å². The Morgan fingerprint density at radius 3 is 2.84 bits per heavy atom. The minimum Gasteiger partial charge on any atom is -0.491 e. The Bertz CT molecular complexity index is 958. The summed E-state index contributed by atoms with van der Waals surface area (Å²) in [5, 5.41) is 2.04. The van der Waals surface area contributed by atoms with Crippen molar-refractivity contribution in [1.29, 1.82) is 0 Å². The van der Waals surface area contributed by atoms with E-state index in [0.717, 1.165) is 31.2 Å². The van der Waals surface area contributed by atoms with Crippen LogP contribution in [0.4, 0.5) is 4.39 Å². The van der Waals surface area contributed by atoms with Gasteiger partial charge in [-0.05, 0) is 54.3 Å². The van der Waals surface area contributed by atoms with Crippen LogP contribution in [0.5, 0.6) is 5.75 Å². The van der Waals surface area contributed by atoms with Crippen LogP contribution < -0.4 is 4.74 Å². The summed E-state index contributed by atoms with van der Waals surface area (Å²) in [6, 6.07) is 7.86. The van der Waals surface area contributed by atoms with E-state index in [-0.39, 0.29) is 42.7 Å². The van der Waals surface area contributed by atoms with E-state index >= 15 is 0 Å². The number of hydrogen-bond donors (Lipinski definition) is 0. The van der Waals surface area contributed by atoms with Gasteiger partial charge in [-0.1, -0.05) is 26.3 Å². The van der Waals surface area contributed by atoms with Crippen molar-refractivity contribution in [3.8, 4) is 5.75 Å². The Kier molecular flexibility index (Phi) is 7.13. The molecule has 2 aliphatic rings. The molecule has 2 heterocycles. The topological polar surface area (TPSA) is 49.9 Å². The molecule has 1 aliphatic carbocycles. The molecule has 1 aromatic carbocycles. The first kappa shape index (κ1) is 22.8. The molecule has 2 atom stereocenters. The molecular weight excluding hydrogens is 427 g/mol. The number of nitrogens with zero attached hydrogens (tertiary/aromatic N) is 2. The Morgan fingerprint density at radius 2 is 2.12 bits per heavy atom. The number of fused-ring (bicyclic) bond motifs is 1. The molecule has 0 unspecified atom stereocenters. The molecule has 2 aromatic rings. The molecule has 0 saturated heterocycles. The van der Waals surface area contributed by atoms with Crippen molar-refractivity contribution in [2.75, 3.05) is 26.2 Å². The molecule has 1 saturated carbocycles. The van der Waals surface area contributed by atoms with Crippen LogP contribution in [-0.4, -0.2) is 47.9 Å². The Labute approximate surface area is 193 Å². The lowest BCUT2D eigenvalue weighted by atomic mass is 10.00. The third-order valence-corrected chi connectivity index (χ3v) is 7.41. The fourth-order valence-corrected chi connectivity index (χ4v) is 5.12. The van der Waals surface area contributed by atoms with E-state index in [9.17, 15) is 14.0 Å². The summed E-state index contributed by atoms with van der Waals surface area (Å²) < 4.78 is 19.5. The van der Waals surface area contributed by atoms with Gasteiger partial charge in [-0.15, -0.1) is 11.3 Å². The average Bonchev–Trinajstić information content (AvgIpc) is 3.52. The molecule has 0 N–H and O–H groups in total. The maximum atomic E-state index is 13.6. The second kappa shape index (κ2) is 10.0. The summed E-state index contributed by atoms with van der Waals surface area (Å²) >= 11 is 1.69. The number of hydrogen-bond acceptors (Lipinski definition) is 4. The highest BCUT2D eigenvalue weighted by molar-refractivity contribution is 7.10. The summed E-state index contributed by atoms with van der Waals surface area (Å²) in [5.74, 6) is 0.592. The lowest BCUT2D eigenvalue weighted by Crippen LogP contribution is -2.48. The van der Waals surface area contributed by atoms with Gasteiger partial charge in [0.05, 0.1) is 12.6 Å². The monoisotopic (exact) mass is 458 g/mol. The smallest absolute Gasteiger partial charge is 0.242 e. The zero-order valence-corrected chi connectivity index (χ0v) is 19.6. The summed E-state index contributed by atoms with van der Waals surface area (Å²) in [5.41, 5.74) is 1.09. The van der Waals surface area contributed by atoms with Gasteiger partial charge >= 0.3 is 0 Å². The molecular formula is C25H31FN2O3S. The molecule has 2 amide bonds. The lowest BCUT2D eigenvalue weighted by molar-refractivity contribution is -0.143. The lowest BCUT2D eigenvalue weighted by Gasteiger charge is -2.37. The van der Waals surface area contributed by atoms with Crippen molar-refractivity contribution in [2.24, 2.45) is 11.8 Å². The van der Waals surface area contributed by atoms with Crippen LogP contribution in [0.15, 0.2) is 35.7 Å². The van der Waals surface area contributed by atoms with Gasteiger partial charge in [-0.25, -0.2) is 4.39 Å². The highest BCUT2D eigenvalue weighted by atomic mass is 32.1. The van der Waals surface area contributed by atoms with E-state index < -0.39 is 0 Å². The van der Waals surface area contributed by atoms with Crippen molar-refractivity contribution < 1.29 is 18.7 Å². The molecule has 0 spiro atoms. The molecule has 5 nitrogen and oxygen atoms in total. The molecule has 172 valence electrons. The first-order valence-corrected chi connectivity index (χ1v) is 12.4. The number of thiophene rings is 1. The van der Waals surface area contributed by atoms with Crippen molar-refractivity contribution in [3.63, 3.8) is 0 Å². The number of carbonyl (C=O) groups excluding carboxylic acids is 2. The summed E-state index contributed by atoms with van der Waals surface area (Å²) in [6.07, 6.45) is 3.62. The van der Waals surface area contributed by atoms with Crippen LogP contribution in [0.1, 0.15) is 49.6 Å². The normalized spacial score (nSPS) is 18.7. The van der Waals surface area contributed by atoms with Crippen LogP contribution >= 0.6 is 11.3 Å². The van der Waals surface area contributed by atoms with Gasteiger partial charge in [0.15, 0.2) is 0 Å². The Balaban J connectivity index is 1.50. The molecule has 7 heteroatoms. The molecule has 0 radical (unpaired) electrons. The average molecular weight is 459 g/mol. The van der Waals surface area contributed by atoms with Gasteiger partial charge in [0, 0.05) is 30.0 Å². The molecule has 0 bridgehead atoms. The Morgan fingerprint density at radius 1 is 1.31 bits per heavy atom. The maximum absolute atomic E-state index is 13.6. The van der Waals surface area contributed by atoms with Gasteiger partial charge in [-0.3, -0.25) is 9.59 Å². The minimum atomic E-state index is -0.352. The molecule has 4 rings (SSSR count). The van der Waals surface area contributed by atoms with E-state index in [2.05, 4.69) is 13.8 Å². The third kappa shape index (κ3) is 5.31. The number of benzene rings is 1. The van der Waals surface area contributed by atoms with Gasteiger partial charge < -0.3 is 14.5 Å². The van der Waals surface area contributed by atoms with E-state index in [1.807, 2.05) is 16.3 Å². The standard InChI is InChI=1S/C25H31FN2O3S/c1-3-17(2)14-27(25(30)18-7-8-18)15-24(29)28-11-9-23-21(10-12-32-23)22(28)16-31-20-6-4-5-19(26)13-20/h4-6,10,12-13,17-18,22H,3,7-9,11,14-16H2,1-2H3/t17-,22+/m1/s1. The number of carbonyl (C=O) groups is 2. The fourth-order valence-electron chi connectivity index (χ4n) is 4.19. The Hall–Kier alpha value is -2.41. The second-order valence-electron chi connectivity index (χ2n) is 8.93. The van der Waals surface area contributed by atoms with Crippen LogP contribution in [0.2, 0.25) is 0 Å². The highest BCUT2D eigenvalue weighted by Crippen LogP contribution is 2.35. The highest BCUT2D eigenvalue weighted by Gasteiger charge is 2.37. The maximum Gasteiger partial charge on any atom is 0.242 e. The zero-order chi connectivity index (χ0) is 22.7. The SMILES string of the molecule is CC[C@@H](C)CN(CC(=O)N1CCc2sccc2[C@@H]1COc1cccc(F)c1)C(=O)C1CC1. The predicted molar refractivity (Wildman–Crippen MR) is 123 cm³/mol. The van der Waals surface area contributed by atoms with E-state index in [4.69, 9.17) is 4.74 Å². The van der Waals surface area contributed by atoms with Crippen molar-refractivity contribution in [1.82, 2.24) is 9.80 Å². The zero-order valence-electron chi connectivity index (χ0n) is 18.8. The molecule has 1 aromatic heterocycles. The van der Waals surface area contributed by atoms with E-state index in [1.165, 1.54) is 17.0 Å². The quantitative estimate of drug-likeness (QED) is 0.548. The summed E-state index contributed by atoms with van der Waals surface area (Å²) in [7, 11) is 0. The predicted octanol–water partition coefficient (Wildman–Crippen LogP) is 4.68. The van der Waals surface area contributed by atoms with Gasteiger partial charge in [-0.2, -0.15) is 0 Å². The molecule has 1 aliphatic heterocycles. The van der Waals surface area contributed by atoms with E-state index in [0.29, 0.717) is 24.8 Å². The first-order chi connectivity index (χ1) is 15.5. The van der Waals surface area contributed by atoms with Gasteiger partial charge in [0.25, 0.3) is 0 Å². The van der Waals surface area contributed by atoms with Crippen molar-refractivity contribution >= 4 is 23.2 Å². The van der Waals surface area contributed by atoms with Crippen molar-refractivity contribution in [2.45, 2.75) is 45.6 Å². The third-order valence-electron chi connectivity index (χ3n) is 6.41. The molecule has 1 fully saturated rings. The van der Waals surface area contributed by atoms with Crippen molar-refractivity contribution in [3.05, 3.63) is 52.0 Å². The minimum absolute atomic E-state index is 0.0491. The number of ether oxygens (including phenoxy) is 1. The first-order valence-electron chi connectivity index (χ1n) is 11.5. The summed E-state index contributed by atoms with van der Waals surface area (Å²) in [6.45, 7) is 5.79. The molecule has 32 heavy (non-hydrogen) atoms. The number of amides is 2.